The first-order chi connectivity index (χ1) is 16.4. The van der Waals surface area contributed by atoms with Crippen LogP contribution < -0.4 is 19.7 Å². The Kier molecular flexibility index (Phi) is 5.20. The van der Waals surface area contributed by atoms with Crippen molar-refractivity contribution in [3.8, 4) is 11.5 Å². The Hall–Kier alpha value is -4.34. The van der Waals surface area contributed by atoms with Crippen molar-refractivity contribution >= 4 is 23.5 Å². The Morgan fingerprint density at radius 2 is 1.91 bits per heavy atom. The molecule has 10 heteroatoms. The molecule has 0 radical (unpaired) electrons. The summed E-state index contributed by atoms with van der Waals surface area (Å²) in [4.78, 5) is 45.1. The van der Waals surface area contributed by atoms with Crippen molar-refractivity contribution in [2.75, 3.05) is 18.8 Å². The van der Waals surface area contributed by atoms with Gasteiger partial charge in [0, 0.05) is 18.3 Å². The van der Waals surface area contributed by atoms with E-state index in [2.05, 4.69) is 10.3 Å². The Labute approximate surface area is 195 Å². The average molecular weight is 462 g/mol. The van der Waals surface area contributed by atoms with Crippen molar-refractivity contribution in [3.05, 3.63) is 71.8 Å². The Balaban J connectivity index is 1.56. The molecule has 174 valence electrons. The third kappa shape index (κ3) is 3.43. The highest BCUT2D eigenvalue weighted by atomic mass is 16.7. The molecule has 0 bridgehead atoms. The molecule has 1 unspecified atom stereocenters. The van der Waals surface area contributed by atoms with Gasteiger partial charge in [-0.25, -0.2) is 9.78 Å². The lowest BCUT2D eigenvalue weighted by atomic mass is 9.93. The molecular weight excluding hydrogens is 440 g/mol. The van der Waals surface area contributed by atoms with E-state index in [1.165, 1.54) is 22.9 Å². The highest BCUT2D eigenvalue weighted by molar-refractivity contribution is 6.15. The van der Waals surface area contributed by atoms with Gasteiger partial charge < -0.3 is 24.1 Å². The molecule has 2 aliphatic rings. The van der Waals surface area contributed by atoms with Gasteiger partial charge in [-0.3, -0.25) is 14.5 Å². The maximum absolute atomic E-state index is 13.8. The van der Waals surface area contributed by atoms with Gasteiger partial charge in [-0.15, -0.1) is 0 Å². The molecular formula is C24H22N4O6. The number of nitrogens with zero attached hydrogens (tertiary/aromatic N) is 3. The summed E-state index contributed by atoms with van der Waals surface area (Å²) in [6.07, 6.45) is 1.37. The lowest BCUT2D eigenvalue weighted by Gasteiger charge is -2.43. The zero-order chi connectivity index (χ0) is 23.9. The molecule has 34 heavy (non-hydrogen) atoms. The van der Waals surface area contributed by atoms with Gasteiger partial charge in [0.15, 0.2) is 17.2 Å². The van der Waals surface area contributed by atoms with Crippen molar-refractivity contribution in [1.29, 1.82) is 0 Å². The van der Waals surface area contributed by atoms with Gasteiger partial charge in [0.1, 0.15) is 11.2 Å². The van der Waals surface area contributed by atoms with Crippen molar-refractivity contribution in [2.45, 2.75) is 25.6 Å². The molecule has 1 atom stereocenters. The Morgan fingerprint density at radius 1 is 1.15 bits per heavy atom. The number of fused-ring (bicyclic) bond motifs is 2. The van der Waals surface area contributed by atoms with Crippen LogP contribution >= 0.6 is 0 Å². The summed E-state index contributed by atoms with van der Waals surface area (Å²) in [5.74, 6) is -0.639. The number of carbonyl (C=O) groups excluding carboxylic acids is 3. The summed E-state index contributed by atoms with van der Waals surface area (Å²) in [6, 6.07) is 14.5. The minimum absolute atomic E-state index is 0.0536. The van der Waals surface area contributed by atoms with Gasteiger partial charge in [-0.2, -0.15) is 0 Å². The highest BCUT2D eigenvalue weighted by Crippen LogP contribution is 2.40. The molecule has 10 nitrogen and oxygen atoms in total. The van der Waals surface area contributed by atoms with E-state index >= 15 is 0 Å². The van der Waals surface area contributed by atoms with Crippen molar-refractivity contribution in [3.63, 3.8) is 0 Å². The number of hydrogen-bond acceptors (Lipinski definition) is 7. The Morgan fingerprint density at radius 3 is 2.68 bits per heavy atom. The number of benzene rings is 2. The predicted molar refractivity (Wildman–Crippen MR) is 120 cm³/mol. The fourth-order valence-corrected chi connectivity index (χ4v) is 4.27. The van der Waals surface area contributed by atoms with Gasteiger partial charge in [0.05, 0.1) is 20.0 Å². The number of carbonyl (C=O) groups is 3. The maximum atomic E-state index is 13.8. The highest BCUT2D eigenvalue weighted by Gasteiger charge is 2.50. The standard InChI is InChI=1S/C24H22N4O6/c1-24(23(31)25-11-15-6-4-3-5-7-15)12-27-13-26-19(22(30)32-2)20(27)21(29)28(24)16-8-9-17-18(10-16)34-14-33-17/h3-10,13H,11-12,14H2,1-2H3,(H,25,31). The number of amides is 2. The second kappa shape index (κ2) is 8.22. The van der Waals surface area contributed by atoms with Crippen LogP contribution in [0.3, 0.4) is 0 Å². The summed E-state index contributed by atoms with van der Waals surface area (Å²) in [7, 11) is 1.22. The van der Waals surface area contributed by atoms with Gasteiger partial charge >= 0.3 is 5.97 Å². The fourth-order valence-electron chi connectivity index (χ4n) is 4.27. The van der Waals surface area contributed by atoms with Crippen LogP contribution in [-0.4, -0.2) is 46.8 Å². The topological polar surface area (TPSA) is 112 Å². The molecule has 3 aromatic rings. The third-order valence-electron chi connectivity index (χ3n) is 5.99. The number of aromatic nitrogens is 2. The number of esters is 1. The Bertz CT molecular complexity index is 1290. The van der Waals surface area contributed by atoms with Crippen molar-refractivity contribution in [2.24, 2.45) is 0 Å². The number of hydrogen-bond donors (Lipinski definition) is 1. The van der Waals surface area contributed by atoms with Crippen LogP contribution in [0.15, 0.2) is 54.9 Å². The van der Waals surface area contributed by atoms with Crippen molar-refractivity contribution < 1.29 is 28.6 Å². The number of ether oxygens (including phenoxy) is 3. The minimum atomic E-state index is -1.33. The largest absolute Gasteiger partial charge is 0.464 e. The zero-order valence-electron chi connectivity index (χ0n) is 18.6. The van der Waals surface area contributed by atoms with Crippen LogP contribution in [0, 0.1) is 0 Å². The molecule has 0 fully saturated rings. The van der Waals surface area contributed by atoms with E-state index in [-0.39, 0.29) is 30.6 Å². The predicted octanol–water partition coefficient (Wildman–Crippen LogP) is 2.13. The molecule has 2 aliphatic heterocycles. The van der Waals surface area contributed by atoms with Gasteiger partial charge in [-0.1, -0.05) is 30.3 Å². The van der Waals surface area contributed by atoms with E-state index in [0.717, 1.165) is 5.56 Å². The summed E-state index contributed by atoms with van der Waals surface area (Å²) >= 11 is 0. The normalized spacial score (nSPS) is 18.4. The molecule has 0 aliphatic carbocycles. The summed E-state index contributed by atoms with van der Waals surface area (Å²) in [6.45, 7) is 2.12. The zero-order valence-corrected chi connectivity index (χ0v) is 18.6. The molecule has 0 spiro atoms. The van der Waals surface area contributed by atoms with Crippen LogP contribution in [-0.2, 0) is 22.6 Å². The fraction of sp³-hybridized carbons (Fsp3) is 0.250. The monoisotopic (exact) mass is 462 g/mol. The average Bonchev–Trinajstić information content (AvgIpc) is 3.49. The molecule has 1 aromatic heterocycles. The SMILES string of the molecule is COC(=O)c1ncn2c1C(=O)N(c1ccc3c(c1)OCO3)C(C)(C(=O)NCc1ccccc1)C2. The first kappa shape index (κ1) is 21.5. The second-order valence-electron chi connectivity index (χ2n) is 8.18. The van der Waals surface area contributed by atoms with Crippen LogP contribution in [0.2, 0.25) is 0 Å². The van der Waals surface area contributed by atoms with Gasteiger partial charge in [0.25, 0.3) is 5.91 Å². The quantitative estimate of drug-likeness (QED) is 0.578. The number of nitrogens with one attached hydrogen (secondary N) is 1. The van der Waals surface area contributed by atoms with E-state index in [1.54, 1.807) is 25.1 Å². The van der Waals surface area contributed by atoms with E-state index < -0.39 is 17.4 Å². The van der Waals surface area contributed by atoms with Gasteiger partial charge in [-0.05, 0) is 24.6 Å². The smallest absolute Gasteiger partial charge is 0.359 e. The molecule has 0 saturated carbocycles. The number of imidazole rings is 1. The summed E-state index contributed by atoms with van der Waals surface area (Å²) in [5.41, 5.74) is -0.0362. The van der Waals surface area contributed by atoms with E-state index in [9.17, 15) is 14.4 Å². The lowest BCUT2D eigenvalue weighted by molar-refractivity contribution is -0.126. The number of rotatable bonds is 5. The first-order valence-electron chi connectivity index (χ1n) is 10.6. The molecule has 0 saturated heterocycles. The number of anilines is 1. The van der Waals surface area contributed by atoms with E-state index in [0.29, 0.717) is 23.7 Å². The van der Waals surface area contributed by atoms with E-state index in [1.807, 2.05) is 30.3 Å². The lowest BCUT2D eigenvalue weighted by Crippen LogP contribution is -2.64. The van der Waals surface area contributed by atoms with Crippen LogP contribution in [0.4, 0.5) is 5.69 Å². The van der Waals surface area contributed by atoms with Crippen LogP contribution in [0.5, 0.6) is 11.5 Å². The minimum Gasteiger partial charge on any atom is -0.464 e. The number of methoxy groups -OCH3 is 1. The molecule has 5 rings (SSSR count). The molecule has 2 aromatic carbocycles. The molecule has 2 amide bonds. The molecule has 3 heterocycles. The van der Waals surface area contributed by atoms with Crippen molar-refractivity contribution in [1.82, 2.24) is 14.9 Å². The third-order valence-corrected chi connectivity index (χ3v) is 5.99. The summed E-state index contributed by atoms with van der Waals surface area (Å²) < 4.78 is 17.2. The van der Waals surface area contributed by atoms with E-state index in [4.69, 9.17) is 14.2 Å². The molecule has 1 N–H and O–H groups in total. The first-order valence-corrected chi connectivity index (χ1v) is 10.6. The second-order valence-corrected chi connectivity index (χ2v) is 8.18. The van der Waals surface area contributed by atoms with Crippen LogP contribution in [0.25, 0.3) is 0 Å². The van der Waals surface area contributed by atoms with Gasteiger partial charge in [0.2, 0.25) is 12.7 Å². The summed E-state index contributed by atoms with van der Waals surface area (Å²) in [5, 5.41) is 2.94. The van der Waals surface area contributed by atoms with Crippen LogP contribution in [0.1, 0.15) is 33.5 Å². The maximum Gasteiger partial charge on any atom is 0.359 e.